The predicted octanol–water partition coefficient (Wildman–Crippen LogP) is 3.91. The number of nitrogens with zero attached hydrogens (tertiary/aromatic N) is 2. The summed E-state index contributed by atoms with van der Waals surface area (Å²) in [6.45, 7) is 0. The van der Waals surface area contributed by atoms with Gasteiger partial charge in [-0.05, 0) is 49.2 Å². The predicted molar refractivity (Wildman–Crippen MR) is 122 cm³/mol. The molecule has 10 heteroatoms. The molecule has 1 aliphatic rings. The zero-order valence-corrected chi connectivity index (χ0v) is 18.4. The van der Waals surface area contributed by atoms with Gasteiger partial charge in [-0.15, -0.1) is 10.2 Å². The van der Waals surface area contributed by atoms with Crippen LogP contribution in [0.5, 0.6) is 5.75 Å². The van der Waals surface area contributed by atoms with Crippen molar-refractivity contribution < 1.29 is 14.3 Å². The van der Waals surface area contributed by atoms with Crippen LogP contribution in [0, 0.1) is 0 Å². The zero-order valence-electron chi connectivity index (χ0n) is 16.8. The number of hydrogen-bond acceptors (Lipinski definition) is 8. The number of carbonyl (C=O) groups excluding carboxylic acids is 2. The molecule has 0 aliphatic heterocycles. The summed E-state index contributed by atoms with van der Waals surface area (Å²) in [5, 5.41) is 17.8. The van der Waals surface area contributed by atoms with Crippen LogP contribution in [0.4, 0.5) is 16.5 Å². The summed E-state index contributed by atoms with van der Waals surface area (Å²) in [7, 11) is 1.62. The summed E-state index contributed by atoms with van der Waals surface area (Å²) in [5.74, 6) is 0.563. The second-order valence-electron chi connectivity index (χ2n) is 6.86. The smallest absolute Gasteiger partial charge is 0.253 e. The number of nitrogens with one attached hydrogen (secondary N) is 3. The summed E-state index contributed by atoms with van der Waals surface area (Å²) in [6.07, 6.45) is 2.02. The first-order valence-corrected chi connectivity index (χ1v) is 11.5. The third kappa shape index (κ3) is 5.96. The van der Waals surface area contributed by atoms with Crippen molar-refractivity contribution in [3.05, 3.63) is 54.1 Å². The van der Waals surface area contributed by atoms with Crippen LogP contribution in [0.25, 0.3) is 0 Å². The highest BCUT2D eigenvalue weighted by molar-refractivity contribution is 8.01. The lowest BCUT2D eigenvalue weighted by molar-refractivity contribution is -0.113. The molecular formula is C21H21N5O3S2. The number of benzene rings is 2. The molecule has 0 saturated heterocycles. The highest BCUT2D eigenvalue weighted by atomic mass is 32.2. The monoisotopic (exact) mass is 455 g/mol. The van der Waals surface area contributed by atoms with Crippen molar-refractivity contribution in [2.75, 3.05) is 23.5 Å². The van der Waals surface area contributed by atoms with Gasteiger partial charge < -0.3 is 20.7 Å². The average Bonchev–Trinajstić information content (AvgIpc) is 3.49. The summed E-state index contributed by atoms with van der Waals surface area (Å²) < 4.78 is 5.82. The number of thioether (sulfide) groups is 1. The van der Waals surface area contributed by atoms with E-state index in [2.05, 4.69) is 26.1 Å². The first-order chi connectivity index (χ1) is 15.1. The minimum Gasteiger partial charge on any atom is -0.497 e. The average molecular weight is 456 g/mol. The second-order valence-corrected chi connectivity index (χ2v) is 9.06. The Labute approximate surface area is 187 Å². The number of anilines is 3. The van der Waals surface area contributed by atoms with E-state index in [0.29, 0.717) is 20.7 Å². The zero-order chi connectivity index (χ0) is 21.6. The van der Waals surface area contributed by atoms with Gasteiger partial charge in [0.1, 0.15) is 5.75 Å². The van der Waals surface area contributed by atoms with E-state index in [4.69, 9.17) is 4.74 Å². The Morgan fingerprint density at radius 2 is 1.90 bits per heavy atom. The summed E-state index contributed by atoms with van der Waals surface area (Å²) >= 11 is 2.65. The van der Waals surface area contributed by atoms with Gasteiger partial charge in [-0.2, -0.15) is 0 Å². The van der Waals surface area contributed by atoms with Crippen molar-refractivity contribution in [2.45, 2.75) is 23.2 Å². The van der Waals surface area contributed by atoms with Crippen LogP contribution in [0.15, 0.2) is 52.9 Å². The van der Waals surface area contributed by atoms with Crippen LogP contribution in [0.2, 0.25) is 0 Å². The van der Waals surface area contributed by atoms with Crippen molar-refractivity contribution in [3.63, 3.8) is 0 Å². The summed E-state index contributed by atoms with van der Waals surface area (Å²) in [5.41, 5.74) is 1.84. The van der Waals surface area contributed by atoms with Crippen molar-refractivity contribution in [3.8, 4) is 5.75 Å². The molecule has 0 unspecified atom stereocenters. The minimum absolute atomic E-state index is 0.162. The standard InChI is InChI=1S/C21H21N5O3S2/c1-29-15-10-8-14(9-11-15)23-20-25-26-21(31-20)30-12-18(27)24-17-5-3-2-4-16(17)19(28)22-13-6-7-13/h2-5,8-11,13H,6-7,12H2,1H3,(H,22,28)(H,23,25)(H,24,27). The van der Waals surface area contributed by atoms with Gasteiger partial charge in [0, 0.05) is 11.7 Å². The van der Waals surface area contributed by atoms with Crippen molar-refractivity contribution in [1.29, 1.82) is 0 Å². The van der Waals surface area contributed by atoms with Crippen LogP contribution in [-0.2, 0) is 4.79 Å². The van der Waals surface area contributed by atoms with E-state index in [0.717, 1.165) is 24.3 Å². The van der Waals surface area contributed by atoms with Crippen molar-refractivity contribution in [1.82, 2.24) is 15.5 Å². The first kappa shape index (κ1) is 21.1. The molecular weight excluding hydrogens is 434 g/mol. The third-order valence-corrected chi connectivity index (χ3v) is 6.40. The molecule has 1 saturated carbocycles. The number of rotatable bonds is 9. The molecule has 3 aromatic rings. The maximum absolute atomic E-state index is 12.4. The molecule has 1 fully saturated rings. The Hall–Kier alpha value is -3.11. The molecule has 0 bridgehead atoms. The number of hydrogen-bond donors (Lipinski definition) is 3. The van der Waals surface area contributed by atoms with Crippen molar-refractivity contribution in [2.24, 2.45) is 0 Å². The molecule has 3 N–H and O–H groups in total. The maximum atomic E-state index is 12.4. The van der Waals surface area contributed by atoms with E-state index in [1.54, 1.807) is 31.4 Å². The van der Waals surface area contributed by atoms with Crippen LogP contribution in [0.1, 0.15) is 23.2 Å². The molecule has 160 valence electrons. The molecule has 8 nitrogen and oxygen atoms in total. The van der Waals surface area contributed by atoms with E-state index in [1.807, 2.05) is 24.3 Å². The molecule has 2 aromatic carbocycles. The molecule has 1 heterocycles. The van der Waals surface area contributed by atoms with Gasteiger partial charge >= 0.3 is 0 Å². The largest absolute Gasteiger partial charge is 0.497 e. The maximum Gasteiger partial charge on any atom is 0.253 e. The van der Waals surface area contributed by atoms with E-state index in [1.165, 1.54) is 23.1 Å². The fourth-order valence-electron chi connectivity index (χ4n) is 2.71. The number of methoxy groups -OCH3 is 1. The fraction of sp³-hybridized carbons (Fsp3) is 0.238. The normalized spacial score (nSPS) is 12.8. The van der Waals surface area contributed by atoms with Crippen LogP contribution < -0.4 is 20.7 Å². The third-order valence-electron chi connectivity index (χ3n) is 4.43. The molecule has 0 atom stereocenters. The molecule has 31 heavy (non-hydrogen) atoms. The van der Waals surface area contributed by atoms with E-state index < -0.39 is 0 Å². The second kappa shape index (κ2) is 9.80. The van der Waals surface area contributed by atoms with E-state index in [9.17, 15) is 9.59 Å². The SMILES string of the molecule is COc1ccc(Nc2nnc(SCC(=O)Nc3ccccc3C(=O)NC3CC3)s2)cc1. The number of carbonyl (C=O) groups is 2. The van der Waals surface area contributed by atoms with E-state index >= 15 is 0 Å². The van der Waals surface area contributed by atoms with Gasteiger partial charge in [-0.25, -0.2) is 0 Å². The Kier molecular flexibility index (Phi) is 6.68. The topological polar surface area (TPSA) is 105 Å². The lowest BCUT2D eigenvalue weighted by Crippen LogP contribution is -2.27. The molecule has 4 rings (SSSR count). The van der Waals surface area contributed by atoms with Gasteiger partial charge in [0.15, 0.2) is 4.34 Å². The Morgan fingerprint density at radius 3 is 2.65 bits per heavy atom. The minimum atomic E-state index is -0.212. The summed E-state index contributed by atoms with van der Waals surface area (Å²) in [6, 6.07) is 14.7. The molecule has 0 spiro atoms. The quantitative estimate of drug-likeness (QED) is 0.420. The lowest BCUT2D eigenvalue weighted by Gasteiger charge is -2.10. The van der Waals surface area contributed by atoms with Crippen LogP contribution in [-0.4, -0.2) is 40.9 Å². The van der Waals surface area contributed by atoms with Crippen LogP contribution in [0.3, 0.4) is 0 Å². The van der Waals surface area contributed by atoms with Crippen molar-refractivity contribution >= 4 is 51.4 Å². The van der Waals surface area contributed by atoms with Gasteiger partial charge in [-0.1, -0.05) is 35.2 Å². The number of para-hydroxylation sites is 1. The highest BCUT2D eigenvalue weighted by Crippen LogP contribution is 2.28. The number of amides is 2. The fourth-order valence-corrected chi connectivity index (χ4v) is 4.28. The van der Waals surface area contributed by atoms with Gasteiger partial charge in [0.2, 0.25) is 11.0 Å². The Bertz CT molecular complexity index is 1070. The molecule has 0 radical (unpaired) electrons. The van der Waals surface area contributed by atoms with Gasteiger partial charge in [0.05, 0.1) is 24.1 Å². The highest BCUT2D eigenvalue weighted by Gasteiger charge is 2.25. The van der Waals surface area contributed by atoms with Gasteiger partial charge in [-0.3, -0.25) is 9.59 Å². The van der Waals surface area contributed by atoms with Gasteiger partial charge in [0.25, 0.3) is 5.91 Å². The van der Waals surface area contributed by atoms with Crippen LogP contribution >= 0.6 is 23.1 Å². The van der Waals surface area contributed by atoms with E-state index in [-0.39, 0.29) is 23.6 Å². The molecule has 2 amide bonds. The Morgan fingerprint density at radius 1 is 1.13 bits per heavy atom. The number of aromatic nitrogens is 2. The molecule has 1 aromatic heterocycles. The molecule has 1 aliphatic carbocycles. The first-order valence-electron chi connectivity index (χ1n) is 9.68. The Balaban J connectivity index is 1.30. The lowest BCUT2D eigenvalue weighted by atomic mass is 10.1. The number of ether oxygens (including phenoxy) is 1. The summed E-state index contributed by atoms with van der Waals surface area (Å²) in [4.78, 5) is 24.8.